The Morgan fingerprint density at radius 1 is 1.17 bits per heavy atom. The maximum Gasteiger partial charge on any atom is 0.267 e. The summed E-state index contributed by atoms with van der Waals surface area (Å²) < 4.78 is 1.85. The van der Waals surface area contributed by atoms with Gasteiger partial charge >= 0.3 is 0 Å². The third kappa shape index (κ3) is 4.31. The van der Waals surface area contributed by atoms with Crippen LogP contribution in [0.1, 0.15) is 75.2 Å². The summed E-state index contributed by atoms with van der Waals surface area (Å²) in [5, 5.41) is 1.71. The molecule has 0 fully saturated rings. The highest BCUT2D eigenvalue weighted by Crippen LogP contribution is 2.41. The molecule has 0 saturated heterocycles. The number of unbranched alkanes of at least 4 members (excludes halogenated alkanes) is 4. The zero-order valence-corrected chi connectivity index (χ0v) is 19.1. The molecule has 1 atom stereocenters. The first-order chi connectivity index (χ1) is 14.2. The Morgan fingerprint density at radius 2 is 1.97 bits per heavy atom. The summed E-state index contributed by atoms with van der Waals surface area (Å²) in [7, 11) is 0. The van der Waals surface area contributed by atoms with Crippen molar-refractivity contribution in [3.8, 4) is 5.69 Å². The van der Waals surface area contributed by atoms with Crippen LogP contribution in [0.25, 0.3) is 15.9 Å². The standard InChI is InChI=1S/C24H30N2OS2/c1-3-4-5-6-10-16-28-24-25-22-21(20-17(2)12-11-15-19(20)29-22)23(27)26(24)18-13-8-7-9-14-18/h7-9,13-14,17H,3-6,10-12,15-16H2,1-2H3/t17-/m0/s1. The van der Waals surface area contributed by atoms with Crippen LogP contribution >= 0.6 is 23.1 Å². The minimum Gasteiger partial charge on any atom is -0.268 e. The van der Waals surface area contributed by atoms with Crippen molar-refractivity contribution in [2.45, 2.75) is 76.3 Å². The van der Waals surface area contributed by atoms with Gasteiger partial charge in [-0.3, -0.25) is 9.36 Å². The van der Waals surface area contributed by atoms with E-state index in [-0.39, 0.29) is 5.56 Å². The third-order valence-electron chi connectivity index (χ3n) is 5.84. The van der Waals surface area contributed by atoms with E-state index >= 15 is 0 Å². The minimum absolute atomic E-state index is 0.112. The summed E-state index contributed by atoms with van der Waals surface area (Å²) in [5.41, 5.74) is 2.30. The van der Waals surface area contributed by atoms with Crippen molar-refractivity contribution in [1.29, 1.82) is 0 Å². The zero-order valence-electron chi connectivity index (χ0n) is 17.4. The summed E-state index contributed by atoms with van der Waals surface area (Å²) in [6.07, 6.45) is 9.76. The molecular weight excluding hydrogens is 396 g/mol. The molecule has 0 spiro atoms. The molecule has 0 N–H and O–H groups in total. The predicted octanol–water partition coefficient (Wildman–Crippen LogP) is 6.95. The normalized spacial score (nSPS) is 16.3. The molecule has 3 nitrogen and oxygen atoms in total. The summed E-state index contributed by atoms with van der Waals surface area (Å²) in [6.45, 7) is 4.50. The molecule has 2 heterocycles. The van der Waals surface area contributed by atoms with Crippen LogP contribution in [0, 0.1) is 0 Å². The van der Waals surface area contributed by atoms with E-state index < -0.39 is 0 Å². The number of benzene rings is 1. The van der Waals surface area contributed by atoms with Crippen LogP contribution in [0.4, 0.5) is 0 Å². The van der Waals surface area contributed by atoms with E-state index in [0.29, 0.717) is 5.92 Å². The summed E-state index contributed by atoms with van der Waals surface area (Å²) in [4.78, 5) is 21.1. The highest BCUT2D eigenvalue weighted by Gasteiger charge is 2.26. The van der Waals surface area contributed by atoms with Crippen LogP contribution < -0.4 is 5.56 Å². The maximum atomic E-state index is 13.7. The second-order valence-electron chi connectivity index (χ2n) is 8.05. The monoisotopic (exact) mass is 426 g/mol. The minimum atomic E-state index is 0.112. The van der Waals surface area contributed by atoms with Crippen LogP contribution in [-0.2, 0) is 6.42 Å². The first kappa shape index (κ1) is 20.7. The van der Waals surface area contributed by atoms with Crippen LogP contribution in [0.15, 0.2) is 40.3 Å². The fourth-order valence-corrected chi connectivity index (χ4v) is 6.68. The molecule has 0 bridgehead atoms. The molecule has 0 saturated carbocycles. The van der Waals surface area contributed by atoms with Crippen molar-refractivity contribution in [2.75, 3.05) is 5.75 Å². The topological polar surface area (TPSA) is 34.9 Å². The van der Waals surface area contributed by atoms with Crippen molar-refractivity contribution in [3.05, 3.63) is 51.1 Å². The quantitative estimate of drug-likeness (QED) is 0.222. The van der Waals surface area contributed by atoms with Crippen molar-refractivity contribution >= 4 is 33.3 Å². The number of fused-ring (bicyclic) bond motifs is 3. The number of thiophene rings is 1. The van der Waals surface area contributed by atoms with Crippen molar-refractivity contribution < 1.29 is 0 Å². The van der Waals surface area contributed by atoms with Crippen molar-refractivity contribution in [2.24, 2.45) is 0 Å². The van der Waals surface area contributed by atoms with Gasteiger partial charge in [0, 0.05) is 10.6 Å². The van der Waals surface area contributed by atoms with E-state index in [1.807, 2.05) is 34.9 Å². The largest absolute Gasteiger partial charge is 0.268 e. The number of aryl methyl sites for hydroxylation is 1. The van der Waals surface area contributed by atoms with Crippen LogP contribution in [0.3, 0.4) is 0 Å². The van der Waals surface area contributed by atoms with Gasteiger partial charge in [-0.25, -0.2) is 4.98 Å². The molecule has 29 heavy (non-hydrogen) atoms. The van der Waals surface area contributed by atoms with E-state index in [2.05, 4.69) is 13.8 Å². The number of hydrogen-bond acceptors (Lipinski definition) is 4. The van der Waals surface area contributed by atoms with Gasteiger partial charge in [-0.15, -0.1) is 11.3 Å². The van der Waals surface area contributed by atoms with Gasteiger partial charge in [0.1, 0.15) is 4.83 Å². The lowest BCUT2D eigenvalue weighted by Gasteiger charge is -2.19. The van der Waals surface area contributed by atoms with E-state index in [9.17, 15) is 4.79 Å². The molecule has 0 aliphatic heterocycles. The molecule has 1 aliphatic rings. The smallest absolute Gasteiger partial charge is 0.267 e. The lowest BCUT2D eigenvalue weighted by molar-refractivity contribution is 0.601. The third-order valence-corrected chi connectivity index (χ3v) is 8.02. The summed E-state index contributed by atoms with van der Waals surface area (Å²) in [5.74, 6) is 1.46. The number of nitrogens with zero attached hydrogens (tertiary/aromatic N) is 2. The van der Waals surface area contributed by atoms with Crippen molar-refractivity contribution in [3.63, 3.8) is 0 Å². The number of para-hydroxylation sites is 1. The summed E-state index contributed by atoms with van der Waals surface area (Å²) >= 11 is 3.48. The second-order valence-corrected chi connectivity index (χ2v) is 10.2. The average Bonchev–Trinajstić information content (AvgIpc) is 3.11. The lowest BCUT2D eigenvalue weighted by Crippen LogP contribution is -2.22. The molecule has 5 heteroatoms. The predicted molar refractivity (Wildman–Crippen MR) is 126 cm³/mol. The van der Waals surface area contributed by atoms with Gasteiger partial charge in [-0.05, 0) is 49.3 Å². The molecule has 0 radical (unpaired) electrons. The lowest BCUT2D eigenvalue weighted by atomic mass is 9.88. The fourth-order valence-electron chi connectivity index (χ4n) is 4.29. The molecule has 4 rings (SSSR count). The average molecular weight is 427 g/mol. The van der Waals surface area contributed by atoms with Gasteiger partial charge in [0.25, 0.3) is 5.56 Å². The Labute approximate surface area is 181 Å². The van der Waals surface area contributed by atoms with Gasteiger partial charge in [-0.2, -0.15) is 0 Å². The van der Waals surface area contributed by atoms with E-state index in [4.69, 9.17) is 4.98 Å². The van der Waals surface area contributed by atoms with Gasteiger partial charge < -0.3 is 0 Å². The Hall–Kier alpha value is -1.59. The van der Waals surface area contributed by atoms with Crippen LogP contribution in [0.2, 0.25) is 0 Å². The first-order valence-electron chi connectivity index (χ1n) is 11.0. The van der Waals surface area contributed by atoms with E-state index in [1.165, 1.54) is 49.0 Å². The van der Waals surface area contributed by atoms with Gasteiger partial charge in [0.05, 0.1) is 11.1 Å². The maximum absolute atomic E-state index is 13.7. The number of aromatic nitrogens is 2. The Kier molecular flexibility index (Phi) is 6.76. The SMILES string of the molecule is CCCCCCCSc1nc2sc3c(c2c(=O)n1-c1ccccc1)[C@@H](C)CCC3. The molecule has 0 unspecified atom stereocenters. The van der Waals surface area contributed by atoms with E-state index in [1.54, 1.807) is 23.1 Å². The Bertz CT molecular complexity index is 1020. The number of hydrogen-bond donors (Lipinski definition) is 0. The molecule has 1 aromatic carbocycles. The first-order valence-corrected chi connectivity index (χ1v) is 12.8. The summed E-state index contributed by atoms with van der Waals surface area (Å²) in [6, 6.07) is 10.0. The van der Waals surface area contributed by atoms with Gasteiger partial charge in [0.15, 0.2) is 5.16 Å². The number of thioether (sulfide) groups is 1. The highest BCUT2D eigenvalue weighted by atomic mass is 32.2. The Morgan fingerprint density at radius 3 is 2.76 bits per heavy atom. The second kappa shape index (κ2) is 9.48. The number of rotatable bonds is 8. The molecule has 154 valence electrons. The molecule has 0 amide bonds. The fraction of sp³-hybridized carbons (Fsp3) is 0.500. The van der Waals surface area contributed by atoms with Gasteiger partial charge in [-0.1, -0.05) is 69.5 Å². The Balaban J connectivity index is 1.74. The molecule has 3 aromatic rings. The van der Waals surface area contributed by atoms with E-state index in [0.717, 1.165) is 39.7 Å². The molecular formula is C24H30N2OS2. The van der Waals surface area contributed by atoms with Crippen molar-refractivity contribution in [1.82, 2.24) is 9.55 Å². The van der Waals surface area contributed by atoms with Crippen LogP contribution in [0.5, 0.6) is 0 Å². The zero-order chi connectivity index (χ0) is 20.2. The molecule has 2 aromatic heterocycles. The molecule has 1 aliphatic carbocycles. The van der Waals surface area contributed by atoms with Crippen LogP contribution in [-0.4, -0.2) is 15.3 Å². The highest BCUT2D eigenvalue weighted by molar-refractivity contribution is 7.99. The van der Waals surface area contributed by atoms with Gasteiger partial charge in [0.2, 0.25) is 0 Å².